The molecule has 6 rings (SSSR count). The van der Waals surface area contributed by atoms with Crippen molar-refractivity contribution in [3.05, 3.63) is 180 Å². The summed E-state index contributed by atoms with van der Waals surface area (Å²) in [4.78, 5) is 74.3. The maximum absolute atomic E-state index is 12.8. The van der Waals surface area contributed by atoms with Gasteiger partial charge in [0.05, 0.1) is 0 Å². The van der Waals surface area contributed by atoms with E-state index in [1.807, 2.05) is 76.2 Å². The van der Waals surface area contributed by atoms with Gasteiger partial charge in [-0.25, -0.2) is 0 Å². The van der Waals surface area contributed by atoms with E-state index in [1.54, 1.807) is 55.4 Å². The Morgan fingerprint density at radius 2 is 0.523 bits per heavy atom. The zero-order valence-corrected chi connectivity index (χ0v) is 90.5. The van der Waals surface area contributed by atoms with Gasteiger partial charge in [-0.1, -0.05) is 285 Å². The van der Waals surface area contributed by atoms with E-state index in [4.69, 9.17) is 0 Å². The van der Waals surface area contributed by atoms with Crippen LogP contribution in [0.3, 0.4) is 0 Å². The average Bonchev–Trinajstić information content (AvgIpc) is 0.766. The normalized spacial score (nSPS) is 14.9. The van der Waals surface area contributed by atoms with Crippen molar-refractivity contribution in [3.63, 3.8) is 0 Å². The Morgan fingerprint density at radius 1 is 0.258 bits per heavy atom. The fraction of sp³-hybridized carbons (Fsp3) is 0.633. The number of phenols is 6. The number of rotatable bonds is 44. The quantitative estimate of drug-likeness (QED) is 0.0135. The minimum Gasteiger partial charge on any atom is -0.507 e. The van der Waals surface area contributed by atoms with E-state index in [9.17, 15) is 59.4 Å². The van der Waals surface area contributed by atoms with Gasteiger partial charge in [0, 0.05) is 89.1 Å². The van der Waals surface area contributed by atoms with Crippen molar-refractivity contribution in [1.29, 1.82) is 0 Å². The molecular formula is C120H190O12. The zero-order valence-electron chi connectivity index (χ0n) is 90.5. The summed E-state index contributed by atoms with van der Waals surface area (Å²) in [5.74, 6) is 3.63. The monoisotopic (exact) mass is 1820 g/mol. The van der Waals surface area contributed by atoms with Gasteiger partial charge >= 0.3 is 0 Å². The molecular weight excluding hydrogens is 1630 g/mol. The predicted octanol–water partition coefficient (Wildman–Crippen LogP) is 33.9. The number of benzene rings is 3. The highest BCUT2D eigenvalue weighted by molar-refractivity contribution is 6.26. The first-order valence-corrected chi connectivity index (χ1v) is 51.4. The summed E-state index contributed by atoms with van der Waals surface area (Å²) >= 11 is 0. The van der Waals surface area contributed by atoms with Gasteiger partial charge in [0.2, 0.25) is 0 Å². The van der Waals surface area contributed by atoms with Gasteiger partial charge in [0.25, 0.3) is 0 Å². The summed E-state index contributed by atoms with van der Waals surface area (Å²) in [7, 11) is 0. The molecule has 0 heterocycles. The summed E-state index contributed by atoms with van der Waals surface area (Å²) in [6.07, 6.45) is 52.3. The maximum Gasteiger partial charge on any atom is 0.186 e. The largest absolute Gasteiger partial charge is 0.507 e. The first-order chi connectivity index (χ1) is 61.8. The third-order valence-electron chi connectivity index (χ3n) is 28.2. The Balaban J connectivity index is 0.000000793. The minimum absolute atomic E-state index is 0.0242. The number of phenolic OH excluding ortho intramolecular Hbond substituents is 6. The van der Waals surface area contributed by atoms with Crippen LogP contribution >= 0.6 is 0 Å². The zero-order chi connectivity index (χ0) is 101. The van der Waals surface area contributed by atoms with Gasteiger partial charge in [-0.3, -0.25) is 28.8 Å². The molecule has 0 amide bonds. The molecule has 742 valence electrons. The Bertz CT molecular complexity index is 4580. The lowest BCUT2D eigenvalue weighted by molar-refractivity contribution is -0.117. The molecule has 3 aliphatic rings. The molecule has 0 bridgehead atoms. The second kappa shape index (κ2) is 61.8. The fourth-order valence-corrected chi connectivity index (χ4v) is 17.6. The Morgan fingerprint density at radius 3 is 0.879 bits per heavy atom. The number of hydrogen-bond acceptors (Lipinski definition) is 12. The highest BCUT2D eigenvalue weighted by Crippen LogP contribution is 2.45. The van der Waals surface area contributed by atoms with Crippen LogP contribution in [0.25, 0.3) is 0 Å². The van der Waals surface area contributed by atoms with Gasteiger partial charge in [0.15, 0.2) is 34.7 Å². The van der Waals surface area contributed by atoms with Crippen LogP contribution in [-0.2, 0) is 53.4 Å². The summed E-state index contributed by atoms with van der Waals surface area (Å²) in [6, 6.07) is 0. The molecule has 0 aromatic heterocycles. The predicted molar refractivity (Wildman–Crippen MR) is 563 cm³/mol. The highest BCUT2D eigenvalue weighted by Gasteiger charge is 2.37. The van der Waals surface area contributed by atoms with Crippen molar-refractivity contribution in [1.82, 2.24) is 0 Å². The van der Waals surface area contributed by atoms with Gasteiger partial charge < -0.3 is 30.6 Å². The molecule has 3 aliphatic carbocycles. The van der Waals surface area contributed by atoms with Crippen LogP contribution in [0.5, 0.6) is 34.5 Å². The first-order valence-electron chi connectivity index (χ1n) is 51.4. The van der Waals surface area contributed by atoms with E-state index < -0.39 is 0 Å². The molecule has 6 N–H and O–H groups in total. The Kier molecular flexibility index (Phi) is 57.1. The third kappa shape index (κ3) is 38.9. The molecule has 2 unspecified atom stereocenters. The van der Waals surface area contributed by atoms with Crippen molar-refractivity contribution in [2.75, 3.05) is 0 Å². The molecule has 2 atom stereocenters. The molecule has 0 saturated carbocycles. The van der Waals surface area contributed by atoms with Gasteiger partial charge in [-0.2, -0.15) is 0 Å². The van der Waals surface area contributed by atoms with Crippen LogP contribution in [0.4, 0.5) is 0 Å². The lowest BCUT2D eigenvalue weighted by Gasteiger charge is -2.29. The topological polar surface area (TPSA) is 224 Å². The highest BCUT2D eigenvalue weighted by atomic mass is 16.3. The van der Waals surface area contributed by atoms with Crippen LogP contribution in [0.2, 0.25) is 0 Å². The number of allylic oxidation sites excluding steroid dienone is 20. The number of carbonyl (C=O) groups is 6. The van der Waals surface area contributed by atoms with Crippen LogP contribution < -0.4 is 0 Å². The summed E-state index contributed by atoms with van der Waals surface area (Å²) in [6.45, 7) is 67.9. The average molecular weight is 1820 g/mol. The van der Waals surface area contributed by atoms with Crippen molar-refractivity contribution in [3.8, 4) is 34.5 Å². The second-order valence-corrected chi connectivity index (χ2v) is 41.4. The van der Waals surface area contributed by atoms with E-state index in [-0.39, 0.29) is 45.5 Å². The van der Waals surface area contributed by atoms with Gasteiger partial charge in [-0.15, -0.1) is 0 Å². The molecule has 3 aromatic rings. The number of unbranched alkanes of at least 4 members (excludes halogenated alkanes) is 18. The van der Waals surface area contributed by atoms with Gasteiger partial charge in [0.1, 0.15) is 34.5 Å². The van der Waals surface area contributed by atoms with Crippen molar-refractivity contribution < 1.29 is 59.4 Å². The molecule has 0 saturated heterocycles. The van der Waals surface area contributed by atoms with Crippen molar-refractivity contribution >= 4 is 34.7 Å². The summed E-state index contributed by atoms with van der Waals surface area (Å²) < 4.78 is 0. The van der Waals surface area contributed by atoms with Crippen molar-refractivity contribution in [2.45, 2.75) is 485 Å². The van der Waals surface area contributed by atoms with Crippen LogP contribution in [0.15, 0.2) is 113 Å². The molecule has 0 aliphatic heterocycles. The summed E-state index contributed by atoms with van der Waals surface area (Å²) in [5.41, 5.74) is 22.5. The van der Waals surface area contributed by atoms with Crippen LogP contribution in [-0.4, -0.2) is 65.3 Å². The molecule has 0 spiro atoms. The van der Waals surface area contributed by atoms with E-state index in [0.717, 1.165) is 124 Å². The number of hydrogen-bond donors (Lipinski definition) is 6. The molecule has 132 heavy (non-hydrogen) atoms. The standard InChI is InChI=1S/C22H36O2.C22H34O2.C19H32O2.2C19H30O2.C19H28O2/c2*1-8-9-10-11-12-15(2)13-14-18-19(22(5,6)7)21(24)17(4)16(3)20(18)23;4*1-6-7-8-9-10-13(2)11-12-17-16(5)18(20)14(3)15(4)19(17)21/h13,23-24H,8-12,14H2,1-7H3;13H,8-12,14H2,1-7H3;13,20-21H,6-12H2,1-5H3;13H,6-12H2,1-5H3;11,20-21H,6-10,12H2,1-5H3;11H,6-10,12H2,1-5H3/b2*15-13+;;;2*13-11+. The van der Waals surface area contributed by atoms with Crippen molar-refractivity contribution in [2.24, 2.45) is 17.3 Å². The SMILES string of the molecule is CCCCCC/C(C)=C/CC1=C(C(C)(C)C)C(=O)C(C)=C(C)C1=O.CCCCCC/C(C)=C/CC1=C(C)C(=O)C(C)=C(C)C1=O.CCCCCC/C(C)=C/Cc1c(C)c(O)c(C)c(C)c1O.CCCCCC/C(C)=C/Cc1c(O)c(C)c(C)c(O)c1C(C)(C)C.CCCCCCC(C)CCC1=C(C)C(=O)C(C)=C(C)C1=O.CCCCCCC(C)CCc1c(C)c(O)c(C)c(C)c1O. The Hall–Kier alpha value is -8.12. The number of aromatic hydroxyl groups is 6. The maximum atomic E-state index is 12.8. The van der Waals surface area contributed by atoms with E-state index in [0.29, 0.717) is 133 Å². The molecule has 12 nitrogen and oxygen atoms in total. The second-order valence-electron chi connectivity index (χ2n) is 41.4. The number of ketones is 6. The molecule has 12 heteroatoms. The molecule has 0 fully saturated rings. The number of Topliss-reactive ketones (excluding diaryl/α,β-unsaturated/α-hetero) is 6. The first kappa shape index (κ1) is 122. The third-order valence-corrected chi connectivity index (χ3v) is 28.2. The number of carbonyl (C=O) groups excluding carboxylic acids is 6. The minimum atomic E-state index is -0.313. The lowest BCUT2D eigenvalue weighted by Crippen LogP contribution is -2.29. The lowest BCUT2D eigenvalue weighted by atomic mass is 9.73. The van der Waals surface area contributed by atoms with Crippen LogP contribution in [0, 0.1) is 72.6 Å². The van der Waals surface area contributed by atoms with E-state index in [1.165, 1.54) is 189 Å². The van der Waals surface area contributed by atoms with E-state index in [2.05, 4.69) is 128 Å². The summed E-state index contributed by atoms with van der Waals surface area (Å²) in [5, 5.41) is 62.2. The molecule has 3 aromatic carbocycles. The van der Waals surface area contributed by atoms with Gasteiger partial charge in [-0.05, 0) is 308 Å². The Labute approximate surface area is 806 Å². The van der Waals surface area contributed by atoms with Crippen LogP contribution in [0.1, 0.15) is 472 Å². The smallest absolute Gasteiger partial charge is 0.186 e. The molecule has 0 radical (unpaired) electrons. The van der Waals surface area contributed by atoms with E-state index >= 15 is 0 Å². The fourth-order valence-electron chi connectivity index (χ4n) is 17.6.